The molecule has 1 amide bonds. The number of carbonyl (C=O) groups excluding carboxylic acids is 1. The van der Waals surface area contributed by atoms with Crippen LogP contribution in [-0.2, 0) is 11.3 Å². The minimum Gasteiger partial charge on any atom is -0.439 e. The summed E-state index contributed by atoms with van der Waals surface area (Å²) in [4.78, 5) is 19.5. The number of hydrogen-bond donors (Lipinski definition) is 1. The van der Waals surface area contributed by atoms with Gasteiger partial charge in [0.1, 0.15) is 11.4 Å². The van der Waals surface area contributed by atoms with E-state index in [0.29, 0.717) is 12.4 Å². The van der Waals surface area contributed by atoms with Crippen molar-refractivity contribution in [3.8, 4) is 0 Å². The van der Waals surface area contributed by atoms with Crippen molar-refractivity contribution in [1.82, 2.24) is 14.8 Å². The summed E-state index contributed by atoms with van der Waals surface area (Å²) in [6, 6.07) is 3.88. The van der Waals surface area contributed by atoms with Crippen molar-refractivity contribution in [2.24, 2.45) is 0 Å². The van der Waals surface area contributed by atoms with Gasteiger partial charge in [-0.15, -0.1) is 0 Å². The Morgan fingerprint density at radius 1 is 1.53 bits per heavy atom. The zero-order valence-corrected chi connectivity index (χ0v) is 11.0. The van der Waals surface area contributed by atoms with Crippen LogP contribution >= 0.6 is 0 Å². The maximum Gasteiger partial charge on any atom is 0.410 e. The molecule has 1 aromatic heterocycles. The number of hydrogen-bond acceptors (Lipinski definition) is 5. The molecule has 2 N–H and O–H groups in total. The molecule has 2 saturated heterocycles. The fourth-order valence-electron chi connectivity index (χ4n) is 2.89. The molecule has 102 valence electrons. The maximum atomic E-state index is 11.5. The molecule has 0 bridgehead atoms. The summed E-state index contributed by atoms with van der Waals surface area (Å²) in [5.41, 5.74) is 6.55. The average molecular weight is 262 g/mol. The van der Waals surface area contributed by atoms with Crippen LogP contribution in [0.2, 0.25) is 0 Å². The Morgan fingerprint density at radius 3 is 3.05 bits per heavy atom. The summed E-state index contributed by atoms with van der Waals surface area (Å²) in [5.74, 6) is 0.573. The van der Waals surface area contributed by atoms with E-state index in [-0.39, 0.29) is 11.7 Å². The van der Waals surface area contributed by atoms with E-state index in [0.717, 1.165) is 31.6 Å². The molecule has 6 heteroatoms. The maximum absolute atomic E-state index is 11.5. The number of aromatic nitrogens is 1. The van der Waals surface area contributed by atoms with Crippen molar-refractivity contribution >= 4 is 11.9 Å². The second-order valence-corrected chi connectivity index (χ2v) is 5.42. The molecule has 0 aromatic carbocycles. The lowest BCUT2D eigenvalue weighted by molar-refractivity contribution is 0.0627. The number of ether oxygens (including phenoxy) is 1. The number of nitrogen functional groups attached to an aromatic ring is 1. The Labute approximate surface area is 112 Å². The lowest BCUT2D eigenvalue weighted by Gasteiger charge is -2.22. The minimum absolute atomic E-state index is 0.220. The molecule has 6 nitrogen and oxygen atoms in total. The molecule has 1 atom stereocenters. The first-order valence-electron chi connectivity index (χ1n) is 6.44. The normalized spacial score (nSPS) is 27.2. The van der Waals surface area contributed by atoms with E-state index in [1.54, 1.807) is 18.1 Å². The Balaban J connectivity index is 1.67. The molecule has 0 unspecified atom stereocenters. The highest BCUT2D eigenvalue weighted by atomic mass is 16.6. The summed E-state index contributed by atoms with van der Waals surface area (Å²) >= 11 is 0. The first-order chi connectivity index (χ1) is 9.08. The van der Waals surface area contributed by atoms with Crippen LogP contribution in [0.25, 0.3) is 0 Å². The number of amides is 1. The fourth-order valence-corrected chi connectivity index (χ4v) is 2.89. The van der Waals surface area contributed by atoms with Gasteiger partial charge in [-0.2, -0.15) is 0 Å². The van der Waals surface area contributed by atoms with Crippen molar-refractivity contribution in [3.63, 3.8) is 0 Å². The van der Waals surface area contributed by atoms with Gasteiger partial charge in [0, 0.05) is 44.9 Å². The van der Waals surface area contributed by atoms with Gasteiger partial charge in [-0.05, 0) is 6.07 Å². The van der Waals surface area contributed by atoms with E-state index in [1.807, 2.05) is 12.1 Å². The van der Waals surface area contributed by atoms with Gasteiger partial charge in [0.15, 0.2) is 0 Å². The molecule has 1 aromatic rings. The third kappa shape index (κ3) is 2.23. The second kappa shape index (κ2) is 4.38. The summed E-state index contributed by atoms with van der Waals surface area (Å²) < 4.78 is 5.52. The average Bonchev–Trinajstić information content (AvgIpc) is 2.87. The Morgan fingerprint density at radius 2 is 2.37 bits per heavy atom. The number of anilines is 1. The number of rotatable bonds is 2. The molecule has 3 rings (SSSR count). The zero-order chi connectivity index (χ0) is 13.5. The molecule has 2 aliphatic heterocycles. The second-order valence-electron chi connectivity index (χ2n) is 5.42. The van der Waals surface area contributed by atoms with Crippen LogP contribution in [0.1, 0.15) is 12.0 Å². The van der Waals surface area contributed by atoms with Gasteiger partial charge in [0.05, 0.1) is 6.54 Å². The van der Waals surface area contributed by atoms with E-state index in [9.17, 15) is 4.79 Å². The van der Waals surface area contributed by atoms with Crippen LogP contribution in [-0.4, -0.2) is 53.2 Å². The number of pyridine rings is 1. The highest BCUT2D eigenvalue weighted by molar-refractivity contribution is 5.70. The predicted molar refractivity (Wildman–Crippen MR) is 70.4 cm³/mol. The topological polar surface area (TPSA) is 71.7 Å². The molecule has 19 heavy (non-hydrogen) atoms. The Hall–Kier alpha value is -1.82. The molecule has 3 heterocycles. The van der Waals surface area contributed by atoms with Crippen molar-refractivity contribution < 1.29 is 9.53 Å². The van der Waals surface area contributed by atoms with Crippen molar-refractivity contribution in [1.29, 1.82) is 0 Å². The van der Waals surface area contributed by atoms with Crippen LogP contribution < -0.4 is 5.73 Å². The predicted octanol–water partition coefficient (Wildman–Crippen LogP) is 0.690. The minimum atomic E-state index is -0.331. The SMILES string of the molecule is CN1C[C@]2(CCN(Cc3cccnc3N)C2)OC1=O. The van der Waals surface area contributed by atoms with Crippen molar-refractivity contribution in [3.05, 3.63) is 23.9 Å². The van der Waals surface area contributed by atoms with Gasteiger partial charge >= 0.3 is 6.09 Å². The van der Waals surface area contributed by atoms with Crippen LogP contribution in [0.15, 0.2) is 18.3 Å². The van der Waals surface area contributed by atoms with E-state index in [4.69, 9.17) is 10.5 Å². The third-order valence-electron chi connectivity index (χ3n) is 3.86. The first-order valence-corrected chi connectivity index (χ1v) is 6.44. The van der Waals surface area contributed by atoms with Crippen molar-refractivity contribution in [2.45, 2.75) is 18.6 Å². The van der Waals surface area contributed by atoms with Gasteiger partial charge in [-0.25, -0.2) is 9.78 Å². The van der Waals surface area contributed by atoms with Gasteiger partial charge in [0.2, 0.25) is 0 Å². The van der Waals surface area contributed by atoms with E-state index < -0.39 is 0 Å². The molecule has 0 saturated carbocycles. The van der Waals surface area contributed by atoms with Crippen LogP contribution in [0.3, 0.4) is 0 Å². The van der Waals surface area contributed by atoms with Crippen molar-refractivity contribution in [2.75, 3.05) is 32.4 Å². The molecule has 1 spiro atoms. The third-order valence-corrected chi connectivity index (χ3v) is 3.86. The highest BCUT2D eigenvalue weighted by Gasteiger charge is 2.48. The molecule has 0 aliphatic carbocycles. The Kier molecular flexibility index (Phi) is 2.82. The number of likely N-dealkylation sites (N-methyl/N-ethyl adjacent to an activating group) is 1. The van der Waals surface area contributed by atoms with Gasteiger partial charge < -0.3 is 15.4 Å². The quantitative estimate of drug-likeness (QED) is 0.849. The summed E-state index contributed by atoms with van der Waals surface area (Å²) in [7, 11) is 1.78. The molecular formula is C13H18N4O2. The van der Waals surface area contributed by atoms with Gasteiger partial charge in [-0.1, -0.05) is 6.07 Å². The molecule has 2 aliphatic rings. The molecule has 2 fully saturated rings. The lowest BCUT2D eigenvalue weighted by atomic mass is 10.0. The number of nitrogens with zero attached hydrogens (tertiary/aromatic N) is 3. The summed E-state index contributed by atoms with van der Waals surface area (Å²) in [5, 5.41) is 0. The first kappa shape index (κ1) is 12.2. The standard InChI is InChI=1S/C13H18N4O2/c1-16-8-13(19-12(16)18)4-6-17(9-13)7-10-3-2-5-15-11(10)14/h2-3,5H,4,6-9H2,1H3,(H2,14,15)/t13-/m0/s1. The van der Waals surface area contributed by atoms with Crippen LogP contribution in [0.4, 0.5) is 10.6 Å². The summed E-state index contributed by atoms with van der Waals surface area (Å²) in [6.07, 6.45) is 2.35. The van der Waals surface area contributed by atoms with Crippen LogP contribution in [0, 0.1) is 0 Å². The van der Waals surface area contributed by atoms with E-state index >= 15 is 0 Å². The molecular weight excluding hydrogens is 244 g/mol. The molecule has 0 radical (unpaired) electrons. The van der Waals surface area contributed by atoms with Gasteiger partial charge in [0.25, 0.3) is 0 Å². The van der Waals surface area contributed by atoms with E-state index in [2.05, 4.69) is 9.88 Å². The number of likely N-dealkylation sites (tertiary alicyclic amines) is 1. The van der Waals surface area contributed by atoms with Crippen LogP contribution in [0.5, 0.6) is 0 Å². The largest absolute Gasteiger partial charge is 0.439 e. The number of nitrogens with two attached hydrogens (primary N) is 1. The Bertz CT molecular complexity index is 507. The monoisotopic (exact) mass is 262 g/mol. The highest BCUT2D eigenvalue weighted by Crippen LogP contribution is 2.32. The number of carbonyl (C=O) groups is 1. The fraction of sp³-hybridized carbons (Fsp3) is 0.538. The lowest BCUT2D eigenvalue weighted by Crippen LogP contribution is -2.37. The van der Waals surface area contributed by atoms with Gasteiger partial charge in [-0.3, -0.25) is 4.90 Å². The smallest absolute Gasteiger partial charge is 0.410 e. The zero-order valence-electron chi connectivity index (χ0n) is 11.0. The van der Waals surface area contributed by atoms with E-state index in [1.165, 1.54) is 0 Å². The summed E-state index contributed by atoms with van der Waals surface area (Å²) in [6.45, 7) is 3.10.